The molecule has 0 radical (unpaired) electrons. The summed E-state index contributed by atoms with van der Waals surface area (Å²) < 4.78 is 19.5. The van der Waals surface area contributed by atoms with Crippen LogP contribution in [0.2, 0.25) is 0 Å². The molecule has 188 valence electrons. The van der Waals surface area contributed by atoms with Gasteiger partial charge in [0.1, 0.15) is 12.0 Å². The first-order chi connectivity index (χ1) is 18.0. The van der Waals surface area contributed by atoms with Crippen molar-refractivity contribution >= 4 is 29.0 Å². The molecule has 1 amide bonds. The molecule has 4 heterocycles. The fraction of sp³-hybridized carbons (Fsp3) is 0.200. The van der Waals surface area contributed by atoms with Crippen molar-refractivity contribution in [3.8, 4) is 11.3 Å². The van der Waals surface area contributed by atoms with E-state index in [2.05, 4.69) is 41.1 Å². The van der Waals surface area contributed by atoms with E-state index in [1.165, 1.54) is 6.33 Å². The molecule has 0 spiro atoms. The van der Waals surface area contributed by atoms with Gasteiger partial charge in [0.05, 0.1) is 37.0 Å². The van der Waals surface area contributed by atoms with E-state index in [9.17, 15) is 9.18 Å². The van der Waals surface area contributed by atoms with Crippen molar-refractivity contribution in [2.75, 3.05) is 41.9 Å². The summed E-state index contributed by atoms with van der Waals surface area (Å²) in [5.41, 5.74) is 9.70. The van der Waals surface area contributed by atoms with Crippen LogP contribution in [0.4, 0.5) is 27.5 Å². The molecule has 0 saturated carbocycles. The third-order valence-electron chi connectivity index (χ3n) is 5.56. The summed E-state index contributed by atoms with van der Waals surface area (Å²) in [5, 5.41) is 3.30. The molecule has 3 aromatic heterocycles. The van der Waals surface area contributed by atoms with Crippen molar-refractivity contribution < 1.29 is 13.9 Å². The second-order valence-electron chi connectivity index (χ2n) is 8.28. The second-order valence-corrected chi connectivity index (χ2v) is 8.28. The van der Waals surface area contributed by atoms with Crippen molar-refractivity contribution in [2.45, 2.75) is 6.92 Å². The number of ether oxygens (including phenoxy) is 1. The van der Waals surface area contributed by atoms with Gasteiger partial charge in [-0.2, -0.15) is 4.98 Å². The molecule has 1 aliphatic heterocycles. The van der Waals surface area contributed by atoms with E-state index in [0.29, 0.717) is 32.0 Å². The summed E-state index contributed by atoms with van der Waals surface area (Å²) in [6.45, 7) is 4.03. The van der Waals surface area contributed by atoms with Gasteiger partial charge in [-0.25, -0.2) is 24.3 Å². The zero-order valence-corrected chi connectivity index (χ0v) is 20.0. The van der Waals surface area contributed by atoms with Crippen LogP contribution in [-0.4, -0.2) is 57.1 Å². The van der Waals surface area contributed by atoms with Crippen molar-refractivity contribution in [1.29, 1.82) is 0 Å². The van der Waals surface area contributed by atoms with Crippen LogP contribution in [-0.2, 0) is 4.74 Å². The molecular weight excluding hydrogens is 477 g/mol. The molecule has 0 aliphatic carbocycles. The number of hydrazine groups is 1. The minimum atomic E-state index is -0.540. The Morgan fingerprint density at radius 2 is 1.89 bits per heavy atom. The number of nitrogens with one attached hydrogen (secondary N) is 3. The Bertz CT molecular complexity index is 1380. The lowest BCUT2D eigenvalue weighted by Gasteiger charge is -2.28. The topological polar surface area (TPSA) is 130 Å². The lowest BCUT2D eigenvalue weighted by Crippen LogP contribution is -2.38. The van der Waals surface area contributed by atoms with Gasteiger partial charge in [0, 0.05) is 30.5 Å². The summed E-state index contributed by atoms with van der Waals surface area (Å²) in [4.78, 5) is 34.9. The van der Waals surface area contributed by atoms with Gasteiger partial charge >= 0.3 is 0 Å². The van der Waals surface area contributed by atoms with Gasteiger partial charge in [-0.3, -0.25) is 15.6 Å². The lowest BCUT2D eigenvalue weighted by molar-refractivity contribution is 0.0957. The number of benzene rings is 1. The molecule has 0 unspecified atom stereocenters. The third kappa shape index (κ3) is 5.93. The summed E-state index contributed by atoms with van der Waals surface area (Å²) in [6, 6.07) is 11.2. The lowest BCUT2D eigenvalue weighted by atomic mass is 10.1. The van der Waals surface area contributed by atoms with Crippen LogP contribution in [0.1, 0.15) is 16.1 Å². The van der Waals surface area contributed by atoms with E-state index in [4.69, 9.17) is 4.74 Å². The first kappa shape index (κ1) is 24.0. The number of aryl methyl sites for hydroxylation is 1. The fourth-order valence-corrected chi connectivity index (χ4v) is 3.83. The molecule has 12 heteroatoms. The van der Waals surface area contributed by atoms with Gasteiger partial charge < -0.3 is 15.0 Å². The second kappa shape index (κ2) is 10.9. The summed E-state index contributed by atoms with van der Waals surface area (Å²) in [5.74, 6) is -0.814. The van der Waals surface area contributed by atoms with E-state index in [0.717, 1.165) is 28.7 Å². The summed E-state index contributed by atoms with van der Waals surface area (Å²) >= 11 is 0. The van der Waals surface area contributed by atoms with Gasteiger partial charge in [0.2, 0.25) is 5.95 Å². The Balaban J connectivity index is 1.22. The molecule has 1 fully saturated rings. The number of rotatable bonds is 7. The highest BCUT2D eigenvalue weighted by Crippen LogP contribution is 2.25. The monoisotopic (exact) mass is 501 g/mol. The zero-order chi connectivity index (χ0) is 25.6. The highest BCUT2D eigenvalue weighted by atomic mass is 19.1. The molecule has 3 N–H and O–H groups in total. The fourth-order valence-electron chi connectivity index (χ4n) is 3.83. The largest absolute Gasteiger partial charge is 0.378 e. The van der Waals surface area contributed by atoms with Crippen LogP contribution in [0.3, 0.4) is 0 Å². The molecule has 0 atom stereocenters. The molecule has 1 aliphatic rings. The first-order valence-corrected chi connectivity index (χ1v) is 11.6. The SMILES string of the molecule is Cc1cc(Nc2ccc(C(=O)NNc3ncc(F)c(N4CCOCC4)n3)nc2)cc(-c2ccncn2)c1. The number of aromatic nitrogens is 5. The van der Waals surface area contributed by atoms with E-state index < -0.39 is 11.7 Å². The Hall–Kier alpha value is -4.71. The van der Waals surface area contributed by atoms with Crippen LogP contribution < -0.4 is 21.1 Å². The Morgan fingerprint density at radius 3 is 2.65 bits per heavy atom. The van der Waals surface area contributed by atoms with Gasteiger partial charge in [-0.15, -0.1) is 0 Å². The summed E-state index contributed by atoms with van der Waals surface area (Å²) in [6.07, 6.45) is 5.84. The number of pyridine rings is 1. The maximum Gasteiger partial charge on any atom is 0.288 e. The molecule has 11 nitrogen and oxygen atoms in total. The number of hydrogen-bond donors (Lipinski definition) is 3. The van der Waals surface area contributed by atoms with E-state index in [1.54, 1.807) is 29.4 Å². The van der Waals surface area contributed by atoms with E-state index >= 15 is 0 Å². The number of anilines is 4. The van der Waals surface area contributed by atoms with Gasteiger partial charge in [-0.05, 0) is 48.9 Å². The zero-order valence-electron chi connectivity index (χ0n) is 20.0. The Labute approximate surface area is 212 Å². The van der Waals surface area contributed by atoms with Crippen molar-refractivity contribution in [1.82, 2.24) is 30.3 Å². The Kier molecular flexibility index (Phi) is 7.08. The smallest absolute Gasteiger partial charge is 0.288 e. The van der Waals surface area contributed by atoms with Crippen LogP contribution in [0.25, 0.3) is 11.3 Å². The van der Waals surface area contributed by atoms with Crippen LogP contribution in [0.15, 0.2) is 61.3 Å². The molecule has 1 aromatic carbocycles. The van der Waals surface area contributed by atoms with Crippen molar-refractivity contribution in [2.24, 2.45) is 0 Å². The standard InChI is InChI=1S/C25H24FN9O2/c1-16-10-17(21-4-5-27-15-30-21)12-19(11-16)31-18-2-3-22(28-13-18)24(36)33-34-25-29-14-20(26)23(32-25)35-6-8-37-9-7-35/h2-5,10-15,31H,6-9H2,1H3,(H,33,36)(H,29,32,34). The minimum Gasteiger partial charge on any atom is -0.378 e. The van der Waals surface area contributed by atoms with Gasteiger partial charge in [-0.1, -0.05) is 0 Å². The van der Waals surface area contributed by atoms with Crippen molar-refractivity contribution in [3.05, 3.63) is 78.4 Å². The number of halogens is 1. The molecule has 5 rings (SSSR count). The van der Waals surface area contributed by atoms with E-state index in [1.807, 2.05) is 31.2 Å². The predicted octanol–water partition coefficient (Wildman–Crippen LogP) is 3.11. The molecular formula is C25H24FN9O2. The van der Waals surface area contributed by atoms with Crippen LogP contribution in [0, 0.1) is 12.7 Å². The molecule has 37 heavy (non-hydrogen) atoms. The first-order valence-electron chi connectivity index (χ1n) is 11.6. The van der Waals surface area contributed by atoms with Gasteiger partial charge in [0.25, 0.3) is 5.91 Å². The number of hydrogen-bond acceptors (Lipinski definition) is 10. The maximum atomic E-state index is 14.2. The van der Waals surface area contributed by atoms with Gasteiger partial charge in [0.15, 0.2) is 11.6 Å². The number of carbonyl (C=O) groups is 1. The highest BCUT2D eigenvalue weighted by molar-refractivity contribution is 5.93. The summed E-state index contributed by atoms with van der Waals surface area (Å²) in [7, 11) is 0. The minimum absolute atomic E-state index is 0.0634. The Morgan fingerprint density at radius 1 is 1.03 bits per heavy atom. The van der Waals surface area contributed by atoms with Crippen molar-refractivity contribution in [3.63, 3.8) is 0 Å². The normalized spacial score (nSPS) is 13.2. The highest BCUT2D eigenvalue weighted by Gasteiger charge is 2.18. The molecule has 0 bridgehead atoms. The third-order valence-corrected chi connectivity index (χ3v) is 5.56. The van der Waals surface area contributed by atoms with Crippen LogP contribution in [0.5, 0.6) is 0 Å². The van der Waals surface area contributed by atoms with Crippen LogP contribution >= 0.6 is 0 Å². The number of amides is 1. The predicted molar refractivity (Wildman–Crippen MR) is 136 cm³/mol. The van der Waals surface area contributed by atoms with E-state index in [-0.39, 0.29) is 17.5 Å². The molecule has 1 saturated heterocycles. The molecule has 4 aromatic rings. The maximum absolute atomic E-state index is 14.2. The average Bonchev–Trinajstić information content (AvgIpc) is 2.93. The number of nitrogens with zero attached hydrogens (tertiary/aromatic N) is 6. The number of carbonyl (C=O) groups excluding carboxylic acids is 1. The quantitative estimate of drug-likeness (QED) is 0.325. The average molecular weight is 502 g/mol. The number of morpholine rings is 1.